The Morgan fingerprint density at radius 1 is 1.20 bits per heavy atom. The van der Waals surface area contributed by atoms with Crippen molar-refractivity contribution in [3.05, 3.63) is 30.3 Å². The van der Waals surface area contributed by atoms with Crippen molar-refractivity contribution in [2.75, 3.05) is 24.3 Å². The molecule has 0 aromatic heterocycles. The van der Waals surface area contributed by atoms with Gasteiger partial charge >= 0.3 is 6.09 Å². The quantitative estimate of drug-likeness (QED) is 0.777. The van der Waals surface area contributed by atoms with Crippen molar-refractivity contribution in [1.29, 1.82) is 0 Å². The number of fused-ring (bicyclic) bond motifs is 1. The van der Waals surface area contributed by atoms with Crippen LogP contribution in [0.2, 0.25) is 0 Å². The van der Waals surface area contributed by atoms with Crippen LogP contribution in [0.3, 0.4) is 0 Å². The van der Waals surface area contributed by atoms with Gasteiger partial charge in [0.15, 0.2) is 6.10 Å². The summed E-state index contributed by atoms with van der Waals surface area (Å²) in [6, 6.07) is 8.49. The minimum atomic E-state index is -3.37. The molecule has 2 aliphatic heterocycles. The minimum absolute atomic E-state index is 0.0559. The van der Waals surface area contributed by atoms with Crippen LogP contribution in [0.5, 0.6) is 0 Å². The number of amides is 1. The number of hydrogen-bond donors (Lipinski definition) is 2. The summed E-state index contributed by atoms with van der Waals surface area (Å²) >= 11 is 0. The van der Waals surface area contributed by atoms with Crippen LogP contribution in [0.1, 0.15) is 13.3 Å². The number of carbonyl (C=O) groups excluding carboxylic acids is 1. The number of rotatable bonds is 6. The first-order valence-electron chi connectivity index (χ1n) is 8.24. The Labute approximate surface area is 146 Å². The molecule has 2 aliphatic rings. The van der Waals surface area contributed by atoms with E-state index in [4.69, 9.17) is 14.2 Å². The fourth-order valence-electron chi connectivity index (χ4n) is 3.03. The van der Waals surface area contributed by atoms with Crippen molar-refractivity contribution in [3.8, 4) is 0 Å². The molecule has 0 aliphatic carbocycles. The predicted molar refractivity (Wildman–Crippen MR) is 90.8 cm³/mol. The molecule has 138 valence electrons. The van der Waals surface area contributed by atoms with Crippen molar-refractivity contribution < 1.29 is 27.4 Å². The topological polar surface area (TPSA) is 103 Å². The molecular formula is C16H22N2O6S. The molecule has 0 spiro atoms. The van der Waals surface area contributed by atoms with Gasteiger partial charge in [0.05, 0.1) is 25.0 Å². The van der Waals surface area contributed by atoms with Crippen molar-refractivity contribution in [2.24, 2.45) is 0 Å². The molecule has 1 amide bonds. The molecule has 9 heteroatoms. The summed E-state index contributed by atoms with van der Waals surface area (Å²) in [5.74, 6) is 0.0559. The second-order valence-corrected chi connectivity index (χ2v) is 7.95. The number of carbonyl (C=O) groups is 1. The maximum atomic E-state index is 12.0. The highest BCUT2D eigenvalue weighted by molar-refractivity contribution is 7.89. The number of hydrogen-bond acceptors (Lipinski definition) is 6. The lowest BCUT2D eigenvalue weighted by atomic mass is 10.1. The summed E-state index contributed by atoms with van der Waals surface area (Å²) in [5.41, 5.74) is 0.625. The van der Waals surface area contributed by atoms with E-state index in [0.29, 0.717) is 12.1 Å². The van der Waals surface area contributed by atoms with Crippen LogP contribution in [0.15, 0.2) is 30.3 Å². The van der Waals surface area contributed by atoms with Gasteiger partial charge in [0.1, 0.15) is 12.2 Å². The molecule has 3 rings (SSSR count). The van der Waals surface area contributed by atoms with E-state index in [2.05, 4.69) is 10.0 Å². The zero-order valence-electron chi connectivity index (χ0n) is 13.9. The molecule has 0 saturated carbocycles. The largest absolute Gasteiger partial charge is 0.441 e. The van der Waals surface area contributed by atoms with E-state index < -0.39 is 40.5 Å². The van der Waals surface area contributed by atoms with Gasteiger partial charge in [0.2, 0.25) is 10.0 Å². The standard InChI is InChI=1S/C16H22N2O6S/c1-2-8-25(20,21)18-12-9-22-15-13(10-23-14(12)15)24-16(19)17-11-6-4-3-5-7-11/h3-7,12-15,18H,2,8-10H2,1H3,(H,17,19)/t12-,13+,14+,15+/m0/s1. The third kappa shape index (κ3) is 4.49. The summed E-state index contributed by atoms with van der Waals surface area (Å²) in [6.07, 6.45) is -1.58. The molecule has 25 heavy (non-hydrogen) atoms. The molecule has 2 N–H and O–H groups in total. The monoisotopic (exact) mass is 370 g/mol. The molecule has 1 aromatic carbocycles. The van der Waals surface area contributed by atoms with Gasteiger partial charge in [-0.25, -0.2) is 17.9 Å². The van der Waals surface area contributed by atoms with E-state index in [9.17, 15) is 13.2 Å². The molecular weight excluding hydrogens is 348 g/mol. The van der Waals surface area contributed by atoms with Gasteiger partial charge in [-0.1, -0.05) is 25.1 Å². The molecule has 2 heterocycles. The van der Waals surface area contributed by atoms with Crippen molar-refractivity contribution in [1.82, 2.24) is 4.72 Å². The summed E-state index contributed by atoms with van der Waals surface area (Å²) in [5, 5.41) is 2.63. The number of sulfonamides is 1. The van der Waals surface area contributed by atoms with Crippen LogP contribution in [-0.2, 0) is 24.2 Å². The zero-order chi connectivity index (χ0) is 17.9. The van der Waals surface area contributed by atoms with Gasteiger partial charge in [-0.3, -0.25) is 5.32 Å². The third-order valence-corrected chi connectivity index (χ3v) is 5.70. The lowest BCUT2D eigenvalue weighted by Gasteiger charge is -2.18. The van der Waals surface area contributed by atoms with Crippen molar-refractivity contribution >= 4 is 21.8 Å². The Kier molecular flexibility index (Phi) is 5.57. The van der Waals surface area contributed by atoms with Crippen LogP contribution in [0.4, 0.5) is 10.5 Å². The van der Waals surface area contributed by atoms with E-state index in [1.54, 1.807) is 31.2 Å². The van der Waals surface area contributed by atoms with Crippen LogP contribution in [0.25, 0.3) is 0 Å². The van der Waals surface area contributed by atoms with E-state index in [-0.39, 0.29) is 19.0 Å². The van der Waals surface area contributed by atoms with Crippen LogP contribution in [0, 0.1) is 0 Å². The molecule has 2 fully saturated rings. The fraction of sp³-hybridized carbons (Fsp3) is 0.562. The van der Waals surface area contributed by atoms with Crippen molar-refractivity contribution in [3.63, 3.8) is 0 Å². The van der Waals surface area contributed by atoms with Gasteiger partial charge in [0.25, 0.3) is 0 Å². The number of para-hydroxylation sites is 1. The third-order valence-electron chi connectivity index (χ3n) is 4.09. The second-order valence-electron chi connectivity index (χ2n) is 6.07. The summed E-state index contributed by atoms with van der Waals surface area (Å²) in [4.78, 5) is 12.0. The first-order valence-corrected chi connectivity index (χ1v) is 9.89. The highest BCUT2D eigenvalue weighted by Gasteiger charge is 2.50. The Balaban J connectivity index is 1.54. The maximum absolute atomic E-state index is 12.0. The lowest BCUT2D eigenvalue weighted by molar-refractivity contribution is 0.00883. The first-order chi connectivity index (χ1) is 12.0. The fourth-order valence-corrected chi connectivity index (χ4v) is 4.35. The number of anilines is 1. The smallest absolute Gasteiger partial charge is 0.412 e. The average Bonchev–Trinajstić information content (AvgIpc) is 3.12. The minimum Gasteiger partial charge on any atom is -0.441 e. The van der Waals surface area contributed by atoms with Crippen molar-refractivity contribution in [2.45, 2.75) is 37.7 Å². The molecule has 4 atom stereocenters. The van der Waals surface area contributed by atoms with Crippen LogP contribution < -0.4 is 10.0 Å². The van der Waals surface area contributed by atoms with Crippen LogP contribution in [-0.4, -0.2) is 57.8 Å². The second kappa shape index (κ2) is 7.69. The predicted octanol–water partition coefficient (Wildman–Crippen LogP) is 1.10. The normalized spacial score (nSPS) is 28.5. The molecule has 1 aromatic rings. The Morgan fingerprint density at radius 3 is 2.64 bits per heavy atom. The maximum Gasteiger partial charge on any atom is 0.412 e. The molecule has 0 radical (unpaired) electrons. The van der Waals surface area contributed by atoms with Crippen LogP contribution >= 0.6 is 0 Å². The Hall–Kier alpha value is -1.68. The average molecular weight is 370 g/mol. The number of nitrogens with one attached hydrogen (secondary N) is 2. The SMILES string of the molecule is CCCS(=O)(=O)N[C@H]1CO[C@H]2[C@@H]1OC[C@H]2OC(=O)Nc1ccccc1. The van der Waals surface area contributed by atoms with E-state index in [1.807, 2.05) is 6.07 Å². The number of ether oxygens (including phenoxy) is 3. The summed E-state index contributed by atoms with van der Waals surface area (Å²) in [6.45, 7) is 2.16. The molecule has 0 bridgehead atoms. The first kappa shape index (κ1) is 18.1. The molecule has 0 unspecified atom stereocenters. The highest BCUT2D eigenvalue weighted by Crippen LogP contribution is 2.29. The van der Waals surface area contributed by atoms with E-state index in [0.717, 1.165) is 0 Å². The zero-order valence-corrected chi connectivity index (χ0v) is 14.7. The van der Waals surface area contributed by atoms with E-state index in [1.165, 1.54) is 0 Å². The molecule has 8 nitrogen and oxygen atoms in total. The van der Waals surface area contributed by atoms with E-state index >= 15 is 0 Å². The lowest BCUT2D eigenvalue weighted by Crippen LogP contribution is -2.45. The van der Waals surface area contributed by atoms with Gasteiger partial charge in [0, 0.05) is 5.69 Å². The van der Waals surface area contributed by atoms with Gasteiger partial charge in [-0.15, -0.1) is 0 Å². The molecule has 2 saturated heterocycles. The Bertz CT molecular complexity index is 696. The van der Waals surface area contributed by atoms with Gasteiger partial charge in [-0.05, 0) is 18.6 Å². The van der Waals surface area contributed by atoms with Gasteiger partial charge < -0.3 is 14.2 Å². The Morgan fingerprint density at radius 2 is 1.92 bits per heavy atom. The summed E-state index contributed by atoms with van der Waals surface area (Å²) in [7, 11) is -3.37. The van der Waals surface area contributed by atoms with Gasteiger partial charge in [-0.2, -0.15) is 0 Å². The summed E-state index contributed by atoms with van der Waals surface area (Å²) < 4.78 is 43.1. The number of benzene rings is 1. The highest BCUT2D eigenvalue weighted by atomic mass is 32.2.